The number of rotatable bonds is 7. The first-order valence-electron chi connectivity index (χ1n) is 10.5. The molecule has 11 heteroatoms. The molecule has 0 aliphatic heterocycles. The van der Waals surface area contributed by atoms with E-state index in [-0.39, 0.29) is 23.5 Å². The molecule has 1 aliphatic rings. The van der Waals surface area contributed by atoms with E-state index in [1.54, 1.807) is 0 Å². The zero-order valence-electron chi connectivity index (χ0n) is 18.5. The second-order valence-electron chi connectivity index (χ2n) is 7.73. The highest BCUT2D eigenvalue weighted by Crippen LogP contribution is 2.28. The van der Waals surface area contributed by atoms with Crippen molar-refractivity contribution in [3.05, 3.63) is 71.3 Å². The Bertz CT molecular complexity index is 1260. The van der Waals surface area contributed by atoms with Crippen LogP contribution in [0.1, 0.15) is 17.5 Å². The van der Waals surface area contributed by atoms with E-state index in [9.17, 15) is 45.0 Å². The smallest absolute Gasteiger partial charge is 0.331 e. The molecule has 6 N–H and O–H groups in total. The standard InChI is InChI=1S/C25H22O11/c26-16-5-1-13(9-18(16)28)3-7-22(30)35-20-11-15(25(33)34)12-21(24(20)32)36-23(31)8-4-14-2-6-17(27)19(29)10-14/h1-11,20-21,24,26-29,32H,12H2,(H,33,34)/b7-3+,8-4+/t20-,21-,24-/m1/s1. The van der Waals surface area contributed by atoms with Gasteiger partial charge < -0.3 is 40.1 Å². The number of carboxylic acids is 1. The largest absolute Gasteiger partial charge is 0.504 e. The first kappa shape index (κ1) is 25.8. The molecular weight excluding hydrogens is 476 g/mol. The van der Waals surface area contributed by atoms with Gasteiger partial charge in [0.2, 0.25) is 0 Å². The Morgan fingerprint density at radius 1 is 0.778 bits per heavy atom. The number of aromatic hydroxyl groups is 4. The summed E-state index contributed by atoms with van der Waals surface area (Å²) in [6.45, 7) is 0. The number of esters is 2. The van der Waals surface area contributed by atoms with Crippen LogP contribution < -0.4 is 0 Å². The Labute approximate surface area is 204 Å². The van der Waals surface area contributed by atoms with Crippen molar-refractivity contribution in [2.45, 2.75) is 24.7 Å². The van der Waals surface area contributed by atoms with Gasteiger partial charge in [-0.1, -0.05) is 12.1 Å². The molecule has 3 rings (SSSR count). The lowest BCUT2D eigenvalue weighted by molar-refractivity contribution is -0.162. The van der Waals surface area contributed by atoms with Crippen LogP contribution in [0.5, 0.6) is 23.0 Å². The molecule has 11 nitrogen and oxygen atoms in total. The van der Waals surface area contributed by atoms with Crippen LogP contribution in [0.2, 0.25) is 0 Å². The maximum atomic E-state index is 12.2. The van der Waals surface area contributed by atoms with Crippen LogP contribution in [-0.2, 0) is 23.9 Å². The Hall–Kier alpha value is -4.77. The molecule has 0 radical (unpaired) electrons. The van der Waals surface area contributed by atoms with Crippen molar-refractivity contribution in [2.75, 3.05) is 0 Å². The Kier molecular flexibility index (Phi) is 7.97. The second kappa shape index (κ2) is 11.1. The number of benzene rings is 2. The number of carboxylic acid groups (broad SMARTS) is 1. The number of hydrogen-bond acceptors (Lipinski definition) is 10. The summed E-state index contributed by atoms with van der Waals surface area (Å²) in [6.07, 6.45) is 0.839. The highest BCUT2D eigenvalue weighted by atomic mass is 16.6. The van der Waals surface area contributed by atoms with Crippen LogP contribution >= 0.6 is 0 Å². The van der Waals surface area contributed by atoms with Crippen molar-refractivity contribution in [1.29, 1.82) is 0 Å². The molecule has 0 spiro atoms. The molecule has 1 aliphatic carbocycles. The predicted molar refractivity (Wildman–Crippen MR) is 124 cm³/mol. The monoisotopic (exact) mass is 498 g/mol. The molecule has 0 aromatic heterocycles. The third kappa shape index (κ3) is 6.64. The van der Waals surface area contributed by atoms with E-state index in [0.717, 1.165) is 18.2 Å². The summed E-state index contributed by atoms with van der Waals surface area (Å²) in [7, 11) is 0. The summed E-state index contributed by atoms with van der Waals surface area (Å²) in [4.78, 5) is 36.0. The highest BCUT2D eigenvalue weighted by molar-refractivity contribution is 5.90. The van der Waals surface area contributed by atoms with Gasteiger partial charge in [-0.05, 0) is 53.6 Å². The fraction of sp³-hybridized carbons (Fsp3) is 0.160. The summed E-state index contributed by atoms with van der Waals surface area (Å²) in [6, 6.07) is 7.65. The molecule has 3 atom stereocenters. The molecule has 36 heavy (non-hydrogen) atoms. The molecule has 0 bridgehead atoms. The molecular formula is C25H22O11. The van der Waals surface area contributed by atoms with Crippen LogP contribution in [0.15, 0.2) is 60.2 Å². The van der Waals surface area contributed by atoms with Gasteiger partial charge in [0, 0.05) is 24.1 Å². The number of hydrogen-bond donors (Lipinski definition) is 6. The summed E-state index contributed by atoms with van der Waals surface area (Å²) >= 11 is 0. The Morgan fingerprint density at radius 2 is 1.28 bits per heavy atom. The van der Waals surface area contributed by atoms with Gasteiger partial charge in [-0.15, -0.1) is 0 Å². The number of phenolic OH excluding ortho intramolecular Hbond substituents is 4. The van der Waals surface area contributed by atoms with Crippen molar-refractivity contribution in [2.24, 2.45) is 0 Å². The third-order valence-electron chi connectivity index (χ3n) is 5.12. The van der Waals surface area contributed by atoms with Crippen LogP contribution in [0.4, 0.5) is 0 Å². The summed E-state index contributed by atoms with van der Waals surface area (Å²) < 4.78 is 10.3. The molecule has 0 fully saturated rings. The minimum Gasteiger partial charge on any atom is -0.504 e. The minimum absolute atomic E-state index is 0.240. The first-order valence-corrected chi connectivity index (χ1v) is 10.5. The van der Waals surface area contributed by atoms with E-state index >= 15 is 0 Å². The van der Waals surface area contributed by atoms with E-state index in [1.165, 1.54) is 48.6 Å². The van der Waals surface area contributed by atoms with Gasteiger partial charge in [-0.25, -0.2) is 14.4 Å². The highest BCUT2D eigenvalue weighted by Gasteiger charge is 2.38. The van der Waals surface area contributed by atoms with Gasteiger partial charge in [0.05, 0.1) is 0 Å². The van der Waals surface area contributed by atoms with Crippen molar-refractivity contribution < 1.29 is 54.5 Å². The number of carbonyl (C=O) groups is 3. The van der Waals surface area contributed by atoms with Gasteiger partial charge in [0.15, 0.2) is 29.1 Å². The lowest BCUT2D eigenvalue weighted by Crippen LogP contribution is -2.45. The fourth-order valence-corrected chi connectivity index (χ4v) is 3.27. The van der Waals surface area contributed by atoms with Crippen molar-refractivity contribution in [3.63, 3.8) is 0 Å². The van der Waals surface area contributed by atoms with Gasteiger partial charge >= 0.3 is 17.9 Å². The SMILES string of the molecule is O=C(/C=C/c1ccc(O)c(O)c1)O[C@@H]1C=C(C(=O)O)C[C@@H](OC(=O)/C=C/c2ccc(O)c(O)c2)[C@@H]1O. The van der Waals surface area contributed by atoms with Crippen LogP contribution in [0.25, 0.3) is 12.2 Å². The summed E-state index contributed by atoms with van der Waals surface area (Å²) in [5.74, 6) is -4.72. The topological polar surface area (TPSA) is 191 Å². The Balaban J connectivity index is 1.68. The maximum absolute atomic E-state index is 12.2. The third-order valence-corrected chi connectivity index (χ3v) is 5.12. The van der Waals surface area contributed by atoms with Crippen LogP contribution in [0, 0.1) is 0 Å². The summed E-state index contributed by atoms with van der Waals surface area (Å²) in [5.41, 5.74) is 0.475. The maximum Gasteiger partial charge on any atom is 0.331 e. The molecule has 0 unspecified atom stereocenters. The average Bonchev–Trinajstić information content (AvgIpc) is 2.83. The normalized spacial score (nSPS) is 19.7. The zero-order valence-corrected chi connectivity index (χ0v) is 18.5. The Morgan fingerprint density at radius 3 is 1.75 bits per heavy atom. The molecule has 0 heterocycles. The van der Waals surface area contributed by atoms with Crippen molar-refractivity contribution in [3.8, 4) is 23.0 Å². The van der Waals surface area contributed by atoms with Crippen molar-refractivity contribution >= 4 is 30.1 Å². The quantitative estimate of drug-likeness (QED) is 0.185. The number of aliphatic hydroxyl groups is 1. The average molecular weight is 498 g/mol. The van der Waals surface area contributed by atoms with Gasteiger partial charge in [-0.3, -0.25) is 0 Å². The number of aliphatic carboxylic acids is 1. The van der Waals surface area contributed by atoms with Crippen LogP contribution in [-0.4, -0.2) is 66.9 Å². The summed E-state index contributed by atoms with van der Waals surface area (Å²) in [5, 5.41) is 57.6. The van der Waals surface area contributed by atoms with Gasteiger partial charge in [0.1, 0.15) is 12.2 Å². The molecule has 0 amide bonds. The predicted octanol–water partition coefficient (Wildman–Crippen LogP) is 1.83. The number of ether oxygens (including phenoxy) is 2. The van der Waals surface area contributed by atoms with Crippen LogP contribution in [0.3, 0.4) is 0 Å². The lowest BCUT2D eigenvalue weighted by atomic mass is 9.92. The first-order chi connectivity index (χ1) is 17.0. The lowest BCUT2D eigenvalue weighted by Gasteiger charge is -2.31. The number of aliphatic hydroxyl groups excluding tert-OH is 1. The van der Waals surface area contributed by atoms with E-state index in [2.05, 4.69) is 0 Å². The van der Waals surface area contributed by atoms with Gasteiger partial charge in [-0.2, -0.15) is 0 Å². The molecule has 0 saturated carbocycles. The van der Waals surface area contributed by atoms with Crippen molar-refractivity contribution in [1.82, 2.24) is 0 Å². The molecule has 2 aromatic carbocycles. The zero-order chi connectivity index (χ0) is 26.4. The molecule has 2 aromatic rings. The fourth-order valence-electron chi connectivity index (χ4n) is 3.27. The molecule has 0 saturated heterocycles. The van der Waals surface area contributed by atoms with Gasteiger partial charge in [0.25, 0.3) is 0 Å². The van der Waals surface area contributed by atoms with E-state index < -0.39 is 47.7 Å². The van der Waals surface area contributed by atoms with E-state index in [1.807, 2.05) is 0 Å². The number of carbonyl (C=O) groups excluding carboxylic acids is 2. The molecule has 188 valence electrons. The second-order valence-corrected chi connectivity index (χ2v) is 7.73. The minimum atomic E-state index is -1.57. The number of phenols is 4. The van der Waals surface area contributed by atoms with E-state index in [0.29, 0.717) is 11.1 Å². The van der Waals surface area contributed by atoms with E-state index in [4.69, 9.17) is 9.47 Å².